The first-order valence-corrected chi connectivity index (χ1v) is 10.4. The fourth-order valence-corrected chi connectivity index (χ4v) is 4.44. The molecule has 3 aliphatic rings. The van der Waals surface area contributed by atoms with Gasteiger partial charge in [0.25, 0.3) is 0 Å². The van der Waals surface area contributed by atoms with E-state index in [0.29, 0.717) is 44.7 Å². The molecule has 170 valence electrons. The number of amides is 1. The topological polar surface area (TPSA) is 181 Å². The van der Waals surface area contributed by atoms with Crippen LogP contribution in [0, 0.1) is 0 Å². The summed E-state index contributed by atoms with van der Waals surface area (Å²) in [5.74, 6) is -1.99. The molecule has 0 radical (unpaired) electrons. The van der Waals surface area contributed by atoms with Crippen molar-refractivity contribution >= 4 is 18.6 Å². The molecule has 0 bridgehead atoms. The van der Waals surface area contributed by atoms with Crippen molar-refractivity contribution in [2.24, 2.45) is 11.5 Å². The molecule has 12 heteroatoms. The molecule has 3 atom stereocenters. The summed E-state index contributed by atoms with van der Waals surface area (Å²) in [6.45, 7) is 0.465. The Morgan fingerprint density at radius 3 is 2.74 bits per heavy atom. The van der Waals surface area contributed by atoms with Gasteiger partial charge < -0.3 is 41.3 Å². The van der Waals surface area contributed by atoms with Gasteiger partial charge in [0.2, 0.25) is 5.91 Å². The van der Waals surface area contributed by atoms with Gasteiger partial charge in [-0.15, -0.1) is 0 Å². The fourth-order valence-electron chi connectivity index (χ4n) is 4.44. The van der Waals surface area contributed by atoms with Crippen LogP contribution in [0.4, 0.5) is 0 Å². The van der Waals surface area contributed by atoms with Crippen LogP contribution < -0.4 is 26.2 Å². The van der Waals surface area contributed by atoms with Crippen molar-refractivity contribution in [3.8, 4) is 11.5 Å². The number of benzene rings is 1. The average molecular weight is 435 g/mol. The number of fused-ring (bicyclic) bond motifs is 3. The number of carbonyl (C=O) groups excluding carboxylic acids is 1. The quantitative estimate of drug-likeness (QED) is 0.261. The molecule has 0 aromatic heterocycles. The molecule has 1 aliphatic carbocycles. The molecular formula is C19H28BN4O7-. The minimum absolute atomic E-state index is 0.0314. The second kappa shape index (κ2) is 7.64. The first-order valence-electron chi connectivity index (χ1n) is 10.4. The third-order valence-corrected chi connectivity index (χ3v) is 6.17. The number of nitrogens with zero attached hydrogens (tertiary/aromatic N) is 1. The Labute approximate surface area is 179 Å². The van der Waals surface area contributed by atoms with Gasteiger partial charge in [0.05, 0.1) is 5.75 Å². The van der Waals surface area contributed by atoms with Crippen molar-refractivity contribution in [3.05, 3.63) is 23.3 Å². The zero-order valence-corrected chi connectivity index (χ0v) is 17.3. The minimum atomic E-state index is -3.09. The van der Waals surface area contributed by atoms with Gasteiger partial charge in [-0.25, -0.2) is 4.79 Å². The number of likely N-dealkylation sites (tertiary alicyclic amines) is 1. The van der Waals surface area contributed by atoms with Crippen LogP contribution in [0.2, 0.25) is 5.82 Å². The second-order valence-electron chi connectivity index (χ2n) is 8.94. The molecule has 31 heavy (non-hydrogen) atoms. The van der Waals surface area contributed by atoms with Crippen LogP contribution in [0.25, 0.3) is 0 Å². The monoisotopic (exact) mass is 435 g/mol. The van der Waals surface area contributed by atoms with Crippen molar-refractivity contribution in [2.75, 3.05) is 32.7 Å². The number of rotatable bonds is 8. The molecule has 2 aliphatic heterocycles. The van der Waals surface area contributed by atoms with E-state index in [0.717, 1.165) is 0 Å². The highest BCUT2D eigenvalue weighted by molar-refractivity contribution is 6.62. The number of carboxylic acid groups (broad SMARTS) is 1. The summed E-state index contributed by atoms with van der Waals surface area (Å²) in [7, 11) is 0. The van der Waals surface area contributed by atoms with Crippen LogP contribution in [-0.4, -0.2) is 83.1 Å². The van der Waals surface area contributed by atoms with E-state index in [1.165, 1.54) is 0 Å². The first-order chi connectivity index (χ1) is 14.5. The summed E-state index contributed by atoms with van der Waals surface area (Å²) in [6, 6.07) is 3.31. The van der Waals surface area contributed by atoms with Gasteiger partial charge >= 0.3 is 12.7 Å². The Kier molecular flexibility index (Phi) is 5.38. The van der Waals surface area contributed by atoms with E-state index in [1.807, 2.05) is 4.90 Å². The summed E-state index contributed by atoms with van der Waals surface area (Å²) in [6.07, 6.45) is 0.253. The number of nitrogens with one attached hydrogen (secondary N) is 1. The van der Waals surface area contributed by atoms with Gasteiger partial charge in [-0.05, 0) is 24.5 Å². The van der Waals surface area contributed by atoms with Crippen LogP contribution in [0.15, 0.2) is 12.1 Å². The van der Waals surface area contributed by atoms with E-state index >= 15 is 0 Å². The third kappa shape index (κ3) is 4.09. The van der Waals surface area contributed by atoms with Crippen LogP contribution in [0.5, 0.6) is 11.5 Å². The molecule has 1 saturated carbocycles. The lowest BCUT2D eigenvalue weighted by Crippen LogP contribution is -2.64. The van der Waals surface area contributed by atoms with Crippen molar-refractivity contribution < 1.29 is 34.1 Å². The van der Waals surface area contributed by atoms with E-state index in [9.17, 15) is 24.7 Å². The maximum Gasteiger partial charge on any atom is 0.434 e. The molecule has 2 heterocycles. The normalized spacial score (nSPS) is 25.8. The Bertz CT molecular complexity index is 903. The summed E-state index contributed by atoms with van der Waals surface area (Å²) < 4.78 is 11.2. The molecule has 0 unspecified atom stereocenters. The van der Waals surface area contributed by atoms with E-state index < -0.39 is 24.1 Å². The lowest BCUT2D eigenvalue weighted by Gasteiger charge is -2.43. The molecule has 1 aromatic rings. The molecule has 4 rings (SSSR count). The average Bonchev–Trinajstić information content (AvgIpc) is 3.45. The van der Waals surface area contributed by atoms with Gasteiger partial charge in [-0.1, -0.05) is 18.3 Å². The largest absolute Gasteiger partial charge is 0.669 e. The van der Waals surface area contributed by atoms with Gasteiger partial charge in [0, 0.05) is 32.7 Å². The number of hydrogen-bond acceptors (Lipinski definition) is 9. The Morgan fingerprint density at radius 2 is 2.10 bits per heavy atom. The van der Waals surface area contributed by atoms with Crippen molar-refractivity contribution in [1.82, 2.24) is 10.2 Å². The molecular weight excluding hydrogens is 407 g/mol. The number of hydrogen-bond donors (Lipinski definition) is 6. The number of nitrogens with two attached hydrogens (primary N) is 2. The van der Waals surface area contributed by atoms with E-state index in [2.05, 4.69) is 5.32 Å². The highest BCUT2D eigenvalue weighted by atomic mass is 16.6. The van der Waals surface area contributed by atoms with Crippen LogP contribution in [-0.2, 0) is 4.79 Å². The Balaban J connectivity index is 1.41. The molecule has 0 spiro atoms. The summed E-state index contributed by atoms with van der Waals surface area (Å²) >= 11 is 0. The highest BCUT2D eigenvalue weighted by Crippen LogP contribution is 2.63. The smallest absolute Gasteiger partial charge is 0.434 e. The maximum absolute atomic E-state index is 12.1. The van der Waals surface area contributed by atoms with Gasteiger partial charge in [0.1, 0.15) is 23.0 Å². The van der Waals surface area contributed by atoms with Crippen LogP contribution in [0.3, 0.4) is 0 Å². The van der Waals surface area contributed by atoms with Crippen LogP contribution in [0.1, 0.15) is 35.2 Å². The second-order valence-corrected chi connectivity index (χ2v) is 8.94. The zero-order chi connectivity index (χ0) is 22.6. The predicted molar refractivity (Wildman–Crippen MR) is 111 cm³/mol. The van der Waals surface area contributed by atoms with Crippen LogP contribution >= 0.6 is 0 Å². The fraction of sp³-hybridized carbons (Fsp3) is 0.579. The molecule has 11 nitrogen and oxygen atoms in total. The summed E-state index contributed by atoms with van der Waals surface area (Å²) in [5, 5.41) is 32.6. The number of aromatic carboxylic acids is 1. The van der Waals surface area contributed by atoms with E-state index in [4.69, 9.17) is 20.9 Å². The van der Waals surface area contributed by atoms with Gasteiger partial charge in [-0.2, -0.15) is 0 Å². The third-order valence-electron chi connectivity index (χ3n) is 6.17. The Morgan fingerprint density at radius 1 is 1.39 bits per heavy atom. The van der Waals surface area contributed by atoms with Gasteiger partial charge in [-0.3, -0.25) is 9.69 Å². The molecule has 2 fully saturated rings. The van der Waals surface area contributed by atoms with E-state index in [1.54, 1.807) is 19.1 Å². The first kappa shape index (κ1) is 21.8. The standard InChI is InChI=1S/C19H28BN4O7/c1-19(22,18(27)23-5-4-21)9-24-7-10(8-24)30-14-3-2-11-12-6-13(12)20(28,29)31-16(11)15(14)17(25)26/h2-3,10,12-13,28-29H,4-9,21-22H2,1H3,(H,23,27)(H,25,26)/q-1/t12-,13-,19+/m0/s1. The predicted octanol–water partition coefficient (Wildman–Crippen LogP) is -1.59. The van der Waals surface area contributed by atoms with Crippen molar-refractivity contribution in [1.29, 1.82) is 0 Å². The minimum Gasteiger partial charge on any atom is -0.669 e. The lowest BCUT2D eigenvalue weighted by molar-refractivity contribution is -0.127. The molecule has 1 aromatic carbocycles. The Hall–Kier alpha value is -2.38. The molecule has 1 amide bonds. The summed E-state index contributed by atoms with van der Waals surface area (Å²) in [5.41, 5.74) is 10.9. The number of carboxylic acids is 1. The number of ether oxygens (including phenoxy) is 1. The molecule has 8 N–H and O–H groups in total. The van der Waals surface area contributed by atoms with Gasteiger partial charge in [0.15, 0.2) is 0 Å². The van der Waals surface area contributed by atoms with E-state index in [-0.39, 0.29) is 35.0 Å². The number of carbonyl (C=O) groups is 2. The summed E-state index contributed by atoms with van der Waals surface area (Å²) in [4.78, 5) is 26.0. The maximum atomic E-state index is 12.1. The highest BCUT2D eigenvalue weighted by Gasteiger charge is 2.55. The lowest BCUT2D eigenvalue weighted by atomic mass is 9.68. The van der Waals surface area contributed by atoms with Crippen molar-refractivity contribution in [3.63, 3.8) is 0 Å². The SMILES string of the molecule is C[C@@](N)(CN1CC(Oc2ccc3c(c2C(=O)O)O[B-](O)(O)[C@H]2C[C@@H]32)C1)C(=O)NCCN. The van der Waals surface area contributed by atoms with Crippen molar-refractivity contribution in [2.45, 2.75) is 36.7 Å². The molecule has 1 saturated heterocycles. The zero-order valence-electron chi connectivity index (χ0n) is 17.3.